The van der Waals surface area contributed by atoms with Crippen molar-refractivity contribution in [1.82, 2.24) is 19.6 Å². The Kier molecular flexibility index (Phi) is 1.89. The molecule has 4 nitrogen and oxygen atoms in total. The van der Waals surface area contributed by atoms with Gasteiger partial charge in [-0.15, -0.1) is 0 Å². The molecule has 0 fully saturated rings. The Morgan fingerprint density at radius 1 is 1.12 bits per heavy atom. The van der Waals surface area contributed by atoms with Gasteiger partial charge in [-0.25, -0.2) is 18.9 Å². The molecule has 16 heavy (non-hydrogen) atoms. The number of hydrogen-bond donors (Lipinski definition) is 0. The second kappa shape index (κ2) is 3.37. The molecule has 2 aromatic heterocycles. The summed E-state index contributed by atoms with van der Waals surface area (Å²) >= 11 is 0. The molecule has 0 radical (unpaired) electrons. The highest BCUT2D eigenvalue weighted by Gasteiger charge is 2.03. The molecule has 0 amide bonds. The number of hydrogen-bond acceptors (Lipinski definition) is 3. The molecule has 0 unspecified atom stereocenters. The van der Waals surface area contributed by atoms with Gasteiger partial charge in [0.25, 0.3) is 0 Å². The van der Waals surface area contributed by atoms with Crippen molar-refractivity contribution in [2.45, 2.75) is 0 Å². The van der Waals surface area contributed by atoms with Crippen molar-refractivity contribution in [3.63, 3.8) is 0 Å². The third kappa shape index (κ3) is 1.42. The van der Waals surface area contributed by atoms with Crippen molar-refractivity contribution >= 4 is 5.65 Å². The molecule has 0 aliphatic carbocycles. The van der Waals surface area contributed by atoms with Gasteiger partial charge in [-0.1, -0.05) is 12.1 Å². The number of nitrogens with zero attached hydrogens (tertiary/aromatic N) is 4. The summed E-state index contributed by atoms with van der Waals surface area (Å²) in [5, 5.41) is 3.94. The quantitative estimate of drug-likeness (QED) is 0.621. The van der Waals surface area contributed by atoms with Gasteiger partial charge >= 0.3 is 0 Å². The number of aromatic nitrogens is 4. The molecular formula is C11H7FN4. The van der Waals surface area contributed by atoms with Gasteiger partial charge in [0.15, 0.2) is 5.65 Å². The normalized spacial score (nSPS) is 10.8. The highest BCUT2D eigenvalue weighted by atomic mass is 19.1. The van der Waals surface area contributed by atoms with E-state index in [1.54, 1.807) is 29.0 Å². The molecule has 3 aromatic rings. The summed E-state index contributed by atoms with van der Waals surface area (Å²) in [5.74, 6) is -0.277. The van der Waals surface area contributed by atoms with Crippen LogP contribution in [-0.2, 0) is 0 Å². The molecule has 1 aromatic carbocycles. The highest BCUT2D eigenvalue weighted by molar-refractivity contribution is 5.62. The summed E-state index contributed by atoms with van der Waals surface area (Å²) in [6, 6.07) is 8.06. The molecule has 0 saturated carbocycles. The van der Waals surface area contributed by atoms with E-state index in [1.807, 2.05) is 0 Å². The van der Waals surface area contributed by atoms with Gasteiger partial charge in [0.05, 0.1) is 5.69 Å². The van der Waals surface area contributed by atoms with Crippen LogP contribution in [0.3, 0.4) is 0 Å². The van der Waals surface area contributed by atoms with Gasteiger partial charge < -0.3 is 0 Å². The second-order valence-electron chi connectivity index (χ2n) is 3.35. The average molecular weight is 214 g/mol. The Morgan fingerprint density at radius 3 is 2.94 bits per heavy atom. The average Bonchev–Trinajstić information content (AvgIpc) is 2.75. The topological polar surface area (TPSA) is 43.1 Å². The maximum atomic E-state index is 13.0. The fourth-order valence-electron chi connectivity index (χ4n) is 1.53. The first-order valence-electron chi connectivity index (χ1n) is 4.74. The maximum absolute atomic E-state index is 13.0. The minimum atomic E-state index is -0.277. The molecule has 3 rings (SSSR count). The molecule has 2 heterocycles. The Hall–Kier alpha value is -2.30. The number of benzene rings is 1. The number of fused-ring (bicyclic) bond motifs is 1. The van der Waals surface area contributed by atoms with Gasteiger partial charge in [0.1, 0.15) is 18.5 Å². The van der Waals surface area contributed by atoms with Crippen LogP contribution >= 0.6 is 0 Å². The van der Waals surface area contributed by atoms with E-state index in [2.05, 4.69) is 15.1 Å². The first-order chi connectivity index (χ1) is 7.83. The fourth-order valence-corrected chi connectivity index (χ4v) is 1.53. The molecule has 78 valence electrons. The van der Waals surface area contributed by atoms with E-state index >= 15 is 0 Å². The van der Waals surface area contributed by atoms with Crippen LogP contribution in [0.15, 0.2) is 43.0 Å². The van der Waals surface area contributed by atoms with Crippen LogP contribution in [0.5, 0.6) is 0 Å². The van der Waals surface area contributed by atoms with Gasteiger partial charge in [0.2, 0.25) is 0 Å². The molecule has 0 aliphatic heterocycles. The van der Waals surface area contributed by atoms with Gasteiger partial charge in [-0.05, 0) is 12.1 Å². The predicted octanol–water partition coefficient (Wildman–Crippen LogP) is 1.93. The van der Waals surface area contributed by atoms with Gasteiger partial charge in [-0.2, -0.15) is 5.10 Å². The lowest BCUT2D eigenvalue weighted by Crippen LogP contribution is -1.91. The van der Waals surface area contributed by atoms with Crippen molar-refractivity contribution in [2.24, 2.45) is 0 Å². The van der Waals surface area contributed by atoms with Crippen molar-refractivity contribution < 1.29 is 4.39 Å². The summed E-state index contributed by atoms with van der Waals surface area (Å²) in [6.07, 6.45) is 3.01. The van der Waals surface area contributed by atoms with Crippen molar-refractivity contribution in [3.05, 3.63) is 48.8 Å². The van der Waals surface area contributed by atoms with E-state index < -0.39 is 0 Å². The lowest BCUT2D eigenvalue weighted by molar-refractivity contribution is 0.628. The van der Waals surface area contributed by atoms with Crippen LogP contribution in [0.4, 0.5) is 4.39 Å². The molecule has 5 heteroatoms. The lowest BCUT2D eigenvalue weighted by atomic mass is 10.1. The van der Waals surface area contributed by atoms with Crippen LogP contribution in [0.1, 0.15) is 0 Å². The third-order valence-corrected chi connectivity index (χ3v) is 2.29. The first-order valence-corrected chi connectivity index (χ1v) is 4.74. The van der Waals surface area contributed by atoms with Crippen molar-refractivity contribution in [1.29, 1.82) is 0 Å². The van der Waals surface area contributed by atoms with E-state index in [-0.39, 0.29) is 5.82 Å². The van der Waals surface area contributed by atoms with Crippen LogP contribution in [0.25, 0.3) is 16.9 Å². The van der Waals surface area contributed by atoms with Crippen LogP contribution in [0.2, 0.25) is 0 Å². The monoisotopic (exact) mass is 214 g/mol. The zero-order valence-electron chi connectivity index (χ0n) is 8.21. The van der Waals surface area contributed by atoms with Crippen molar-refractivity contribution in [2.75, 3.05) is 0 Å². The minimum absolute atomic E-state index is 0.277. The van der Waals surface area contributed by atoms with E-state index in [4.69, 9.17) is 0 Å². The van der Waals surface area contributed by atoms with Crippen LogP contribution in [0, 0.1) is 5.82 Å². The first kappa shape index (κ1) is 8.96. The highest BCUT2D eigenvalue weighted by Crippen LogP contribution is 2.18. The van der Waals surface area contributed by atoms with E-state index in [9.17, 15) is 4.39 Å². The Labute approximate surface area is 90.4 Å². The van der Waals surface area contributed by atoms with Gasteiger partial charge in [0, 0.05) is 11.6 Å². The van der Waals surface area contributed by atoms with Crippen LogP contribution < -0.4 is 0 Å². The molecule has 0 aliphatic rings. The zero-order valence-corrected chi connectivity index (χ0v) is 8.21. The van der Waals surface area contributed by atoms with E-state index in [0.29, 0.717) is 11.3 Å². The third-order valence-electron chi connectivity index (χ3n) is 2.29. The fraction of sp³-hybridized carbons (Fsp3) is 0. The Balaban J connectivity index is 2.18. The molecule has 0 bridgehead atoms. The summed E-state index contributed by atoms with van der Waals surface area (Å²) in [7, 11) is 0. The smallest absolute Gasteiger partial charge is 0.159 e. The summed E-state index contributed by atoms with van der Waals surface area (Å²) in [5.41, 5.74) is 2.10. The summed E-state index contributed by atoms with van der Waals surface area (Å²) in [6.45, 7) is 0. The van der Waals surface area contributed by atoms with Crippen molar-refractivity contribution in [3.8, 4) is 11.3 Å². The minimum Gasteiger partial charge on any atom is -0.236 e. The molecule has 0 spiro atoms. The molecular weight excluding hydrogens is 207 g/mol. The lowest BCUT2D eigenvalue weighted by Gasteiger charge is -2.00. The summed E-state index contributed by atoms with van der Waals surface area (Å²) in [4.78, 5) is 8.23. The molecule has 0 atom stereocenters. The molecule has 0 N–H and O–H groups in total. The van der Waals surface area contributed by atoms with Gasteiger partial charge in [-0.3, -0.25) is 0 Å². The number of rotatable bonds is 1. The number of halogens is 1. The zero-order chi connectivity index (χ0) is 11.0. The van der Waals surface area contributed by atoms with E-state index in [0.717, 1.165) is 5.56 Å². The Morgan fingerprint density at radius 2 is 2.06 bits per heavy atom. The molecule has 0 saturated heterocycles. The van der Waals surface area contributed by atoms with E-state index in [1.165, 1.54) is 18.5 Å². The Bertz CT molecular complexity index is 647. The maximum Gasteiger partial charge on any atom is 0.159 e. The summed E-state index contributed by atoms with van der Waals surface area (Å²) < 4.78 is 14.6. The standard InChI is InChI=1S/C11H7FN4/c12-9-3-1-2-8(4-9)10-5-11-13-6-15-16(11)7-14-10/h1-7H. The second-order valence-corrected chi connectivity index (χ2v) is 3.35. The predicted molar refractivity (Wildman–Crippen MR) is 56.2 cm³/mol. The SMILES string of the molecule is Fc1cccc(-c2cc3ncnn3cn2)c1. The van der Waals surface area contributed by atoms with Crippen LogP contribution in [-0.4, -0.2) is 19.6 Å². The largest absolute Gasteiger partial charge is 0.236 e.